The van der Waals surface area contributed by atoms with Gasteiger partial charge in [-0.05, 0) is 58.8 Å². The summed E-state index contributed by atoms with van der Waals surface area (Å²) < 4.78 is 38.1. The second-order valence-corrected chi connectivity index (χ2v) is 16.6. The summed E-state index contributed by atoms with van der Waals surface area (Å²) in [6.45, 7) is 5.95. The van der Waals surface area contributed by atoms with Gasteiger partial charge in [0, 0.05) is 110 Å². The van der Waals surface area contributed by atoms with Crippen LogP contribution in [0.5, 0.6) is 0 Å². The van der Waals surface area contributed by atoms with Crippen LogP contribution >= 0.6 is 11.6 Å². The van der Waals surface area contributed by atoms with E-state index in [-0.39, 0.29) is 39.1 Å². The van der Waals surface area contributed by atoms with Crippen molar-refractivity contribution in [2.45, 2.75) is 0 Å². The molecule has 0 spiro atoms. The topological polar surface area (TPSA) is 225 Å². The molecule has 8 heterocycles. The summed E-state index contributed by atoms with van der Waals surface area (Å²) in [6, 6.07) is 25.8. The molecular formula is C50H39ClF2N12O6. The van der Waals surface area contributed by atoms with Crippen LogP contribution in [0.1, 0.15) is 20.7 Å². The van der Waals surface area contributed by atoms with Crippen molar-refractivity contribution in [1.29, 1.82) is 0 Å². The average Bonchev–Trinajstić information content (AvgIpc) is 4.28. The van der Waals surface area contributed by atoms with Gasteiger partial charge in [-0.2, -0.15) is 9.97 Å². The molecule has 0 unspecified atom stereocenters. The summed E-state index contributed by atoms with van der Waals surface area (Å²) >= 11 is 5.15. The molecule has 6 aromatic heterocycles. The van der Waals surface area contributed by atoms with Crippen LogP contribution < -0.4 is 15.1 Å². The monoisotopic (exact) mass is 976 g/mol. The second kappa shape index (κ2) is 20.1. The number of fused-ring (bicyclic) bond motifs is 4. The highest BCUT2D eigenvalue weighted by Gasteiger charge is 2.31. The van der Waals surface area contributed by atoms with Crippen LogP contribution in [0, 0.1) is 11.6 Å². The van der Waals surface area contributed by atoms with Gasteiger partial charge in [-0.15, -0.1) is 0 Å². The Balaban J connectivity index is 0.000000136. The van der Waals surface area contributed by atoms with E-state index in [0.717, 1.165) is 67.4 Å². The highest BCUT2D eigenvalue weighted by Crippen LogP contribution is 2.33. The summed E-state index contributed by atoms with van der Waals surface area (Å²) in [5, 5.41) is 14.3. The lowest BCUT2D eigenvalue weighted by atomic mass is 10.0. The Morgan fingerprint density at radius 1 is 0.563 bits per heavy atom. The van der Waals surface area contributed by atoms with Crippen LogP contribution in [0.3, 0.4) is 0 Å². The molecule has 71 heavy (non-hydrogen) atoms. The lowest BCUT2D eigenvalue weighted by molar-refractivity contribution is -0.126. The zero-order valence-electron chi connectivity index (χ0n) is 37.3. The Labute approximate surface area is 405 Å². The number of aromatic amines is 2. The first kappa shape index (κ1) is 46.0. The fraction of sp³-hybridized carbons (Fsp3) is 0.160. The van der Waals surface area contributed by atoms with E-state index in [1.54, 1.807) is 6.20 Å². The summed E-state index contributed by atoms with van der Waals surface area (Å²) in [6.07, 6.45) is 8.54. The third-order valence-electron chi connectivity index (χ3n) is 12.2. The highest BCUT2D eigenvalue weighted by molar-refractivity contribution is 6.83. The number of amides is 1. The maximum Gasteiger partial charge on any atom is 0.295 e. The number of H-pyrrole nitrogens is 2. The van der Waals surface area contributed by atoms with E-state index < -0.39 is 34.4 Å². The van der Waals surface area contributed by atoms with Crippen molar-refractivity contribution in [2.75, 3.05) is 62.2 Å². The molecule has 0 atom stereocenters. The van der Waals surface area contributed by atoms with Crippen LogP contribution in [0.2, 0.25) is 0 Å². The number of nitrogens with one attached hydrogen (secondary N) is 3. The number of benzene rings is 4. The van der Waals surface area contributed by atoms with Gasteiger partial charge >= 0.3 is 0 Å². The number of pyridine rings is 2. The van der Waals surface area contributed by atoms with Gasteiger partial charge < -0.3 is 39.0 Å². The zero-order valence-corrected chi connectivity index (χ0v) is 38.1. The Morgan fingerprint density at radius 3 is 1.52 bits per heavy atom. The summed E-state index contributed by atoms with van der Waals surface area (Å²) in [5.41, 5.74) is 1.37. The molecule has 2 fully saturated rings. The first-order valence-electron chi connectivity index (χ1n) is 22.2. The maximum absolute atomic E-state index is 14.8. The molecule has 0 aliphatic carbocycles. The van der Waals surface area contributed by atoms with Gasteiger partial charge in [0.1, 0.15) is 23.3 Å². The lowest BCUT2D eigenvalue weighted by Crippen LogP contribution is -2.50. The quantitative estimate of drug-likeness (QED) is 0.0767. The molecule has 12 rings (SSSR count). The molecular weight excluding hydrogens is 938 g/mol. The van der Waals surface area contributed by atoms with E-state index in [1.807, 2.05) is 36.5 Å². The second-order valence-electron chi connectivity index (χ2n) is 16.3. The van der Waals surface area contributed by atoms with Crippen molar-refractivity contribution in [3.8, 4) is 22.8 Å². The number of rotatable bonds is 8. The van der Waals surface area contributed by atoms with Gasteiger partial charge in [0.25, 0.3) is 16.9 Å². The Kier molecular flexibility index (Phi) is 13.0. The van der Waals surface area contributed by atoms with Crippen molar-refractivity contribution in [1.82, 2.24) is 50.4 Å². The Bertz CT molecular complexity index is 3580. The largest absolute Gasteiger partial charge is 0.360 e. The number of ketones is 2. The van der Waals surface area contributed by atoms with E-state index in [0.29, 0.717) is 42.8 Å². The molecule has 1 amide bonds. The standard InChI is InChI=1S/C25H19FN6O3.C13H15N3.C12H5ClFN3O3/c26-19-6-5-17(23-29-14-35-30-23)21-20(19)18(13-28-21)22(33)25(34)32-11-9-31(10-12-32)24-16-4-2-1-3-15(16)7-8-27-24;1-2-4-12-11(3-1)5-6-15-13(12)16-9-7-14-8-10-16;13-11(19)10(18)6-3-15-9-5(12-16-4-20-17-12)1-2-7(14)8(6)9/h1-8,13-14,28H,9-12H2;1-6,14H,7-10H2;1-4,15H. The summed E-state index contributed by atoms with van der Waals surface area (Å²) in [7, 11) is 0. The average molecular weight is 977 g/mol. The van der Waals surface area contributed by atoms with E-state index in [4.69, 9.17) is 16.1 Å². The fourth-order valence-electron chi connectivity index (χ4n) is 8.80. The number of carbonyl (C=O) groups is 4. The fourth-order valence-corrected chi connectivity index (χ4v) is 8.90. The Morgan fingerprint density at radius 2 is 1.04 bits per heavy atom. The smallest absolute Gasteiger partial charge is 0.295 e. The van der Waals surface area contributed by atoms with Crippen LogP contribution in [-0.4, -0.2) is 120 Å². The van der Waals surface area contributed by atoms with E-state index >= 15 is 0 Å². The number of carbonyl (C=O) groups excluding carboxylic acids is 4. The molecule has 2 saturated heterocycles. The van der Waals surface area contributed by atoms with Crippen molar-refractivity contribution in [3.05, 3.63) is 145 Å². The van der Waals surface area contributed by atoms with Gasteiger partial charge in [-0.25, -0.2) is 18.7 Å². The van der Waals surface area contributed by atoms with Crippen molar-refractivity contribution >= 4 is 89.3 Å². The SMILES string of the molecule is O=C(C(=O)N1CCN(c2nccc3ccccc23)CC1)c1c[nH]c2c(-c3ncon3)ccc(F)c12.O=C(Cl)C(=O)c1c[nH]c2c(-c3ncon3)ccc(F)c12.c1ccc2c(N3CCNCC3)nccc2c1. The number of anilines is 2. The van der Waals surface area contributed by atoms with Gasteiger partial charge in [-0.1, -0.05) is 58.8 Å². The third-order valence-corrected chi connectivity index (χ3v) is 12.4. The number of nitrogens with zero attached hydrogens (tertiary/aromatic N) is 9. The molecule has 21 heteroatoms. The minimum atomic E-state index is -1.18. The van der Waals surface area contributed by atoms with Crippen LogP contribution in [0.4, 0.5) is 20.4 Å². The molecule has 2 aliphatic heterocycles. The molecule has 0 radical (unpaired) electrons. The first-order valence-corrected chi connectivity index (χ1v) is 22.6. The predicted octanol–water partition coefficient (Wildman–Crippen LogP) is 7.39. The number of aromatic nitrogens is 8. The van der Waals surface area contributed by atoms with Crippen LogP contribution in [0.15, 0.2) is 132 Å². The van der Waals surface area contributed by atoms with E-state index in [9.17, 15) is 28.0 Å². The Hall–Kier alpha value is -8.75. The molecule has 356 valence electrons. The number of Topliss-reactive ketones (excluding diaryl/α,β-unsaturated/α-hetero) is 2. The minimum absolute atomic E-state index is 0.0222. The maximum atomic E-state index is 14.8. The van der Waals surface area contributed by atoms with E-state index in [1.165, 1.54) is 46.3 Å². The van der Waals surface area contributed by atoms with Crippen molar-refractivity contribution in [2.24, 2.45) is 0 Å². The van der Waals surface area contributed by atoms with Gasteiger partial charge in [0.2, 0.25) is 30.2 Å². The highest BCUT2D eigenvalue weighted by atomic mass is 35.5. The zero-order chi connectivity index (χ0) is 49.0. The van der Waals surface area contributed by atoms with Crippen molar-refractivity contribution < 1.29 is 37.0 Å². The third kappa shape index (κ3) is 9.16. The minimum Gasteiger partial charge on any atom is -0.360 e. The molecule has 3 N–H and O–H groups in total. The summed E-state index contributed by atoms with van der Waals surface area (Å²) in [4.78, 5) is 77.4. The van der Waals surface area contributed by atoms with Gasteiger partial charge in [0.05, 0.1) is 22.2 Å². The summed E-state index contributed by atoms with van der Waals surface area (Å²) in [5.74, 6) is -1.23. The molecule has 10 aromatic rings. The molecule has 2 aliphatic rings. The van der Waals surface area contributed by atoms with Gasteiger partial charge in [-0.3, -0.25) is 19.2 Å². The lowest BCUT2D eigenvalue weighted by Gasteiger charge is -2.35. The number of piperazine rings is 2. The molecule has 0 saturated carbocycles. The number of halogens is 3. The van der Waals surface area contributed by atoms with E-state index in [2.05, 4.69) is 90.2 Å². The predicted molar refractivity (Wildman–Crippen MR) is 260 cm³/mol. The molecule has 0 bridgehead atoms. The molecule has 18 nitrogen and oxygen atoms in total. The van der Waals surface area contributed by atoms with Gasteiger partial charge in [0.15, 0.2) is 0 Å². The van der Waals surface area contributed by atoms with Crippen molar-refractivity contribution in [3.63, 3.8) is 0 Å². The molecule has 4 aromatic carbocycles. The number of hydrogen-bond acceptors (Lipinski definition) is 15. The number of hydrogen-bond donors (Lipinski definition) is 3. The normalized spacial score (nSPS) is 13.8. The first-order chi connectivity index (χ1) is 34.7. The van der Waals surface area contributed by atoms with Crippen LogP contribution in [0.25, 0.3) is 66.1 Å². The van der Waals surface area contributed by atoms with Crippen LogP contribution in [-0.2, 0) is 9.59 Å².